The van der Waals surface area contributed by atoms with Crippen molar-refractivity contribution in [3.63, 3.8) is 0 Å². The van der Waals surface area contributed by atoms with Gasteiger partial charge in [-0.15, -0.1) is 0 Å². The van der Waals surface area contributed by atoms with E-state index in [1.54, 1.807) is 29.4 Å². The van der Waals surface area contributed by atoms with Gasteiger partial charge in [0.1, 0.15) is 11.8 Å². The van der Waals surface area contributed by atoms with E-state index < -0.39 is 0 Å². The lowest BCUT2D eigenvalue weighted by Crippen LogP contribution is -2.44. The summed E-state index contributed by atoms with van der Waals surface area (Å²) in [5.41, 5.74) is 1.61. The lowest BCUT2D eigenvalue weighted by Gasteiger charge is -2.32. The Morgan fingerprint density at radius 2 is 2.25 bits per heavy atom. The fraction of sp³-hybridized carbons (Fsp3) is 0.353. The third kappa shape index (κ3) is 3.66. The molecule has 0 N–H and O–H groups in total. The van der Waals surface area contributed by atoms with Gasteiger partial charge in [-0.2, -0.15) is 5.26 Å². The lowest BCUT2D eigenvalue weighted by atomic mass is 10.1. The summed E-state index contributed by atoms with van der Waals surface area (Å²) in [6.07, 6.45) is 6.15. The van der Waals surface area contributed by atoms with E-state index in [0.717, 1.165) is 18.5 Å². The maximum Gasteiger partial charge on any atom is 0.274 e. The molecule has 0 spiro atoms. The molecule has 1 aliphatic rings. The lowest BCUT2D eigenvalue weighted by molar-refractivity contribution is 0.0522. The van der Waals surface area contributed by atoms with Gasteiger partial charge in [-0.1, -0.05) is 0 Å². The highest BCUT2D eigenvalue weighted by Gasteiger charge is 2.26. The molecule has 24 heavy (non-hydrogen) atoms. The van der Waals surface area contributed by atoms with Crippen LogP contribution in [0.3, 0.4) is 0 Å². The third-order valence-electron chi connectivity index (χ3n) is 3.82. The van der Waals surface area contributed by atoms with Crippen LogP contribution >= 0.6 is 0 Å². The van der Waals surface area contributed by atoms with Gasteiger partial charge in [0.05, 0.1) is 30.1 Å². The zero-order chi connectivity index (χ0) is 16.9. The number of aryl methyl sites for hydroxylation is 1. The number of carbonyl (C=O) groups is 1. The maximum atomic E-state index is 12.5. The first kappa shape index (κ1) is 15.9. The molecule has 0 radical (unpaired) electrons. The van der Waals surface area contributed by atoms with Crippen molar-refractivity contribution in [2.24, 2.45) is 0 Å². The van der Waals surface area contributed by atoms with Gasteiger partial charge in [0.25, 0.3) is 5.91 Å². The molecule has 1 saturated heterocycles. The van der Waals surface area contributed by atoms with Crippen LogP contribution in [0.15, 0.2) is 30.7 Å². The Morgan fingerprint density at radius 1 is 1.38 bits per heavy atom. The Hall–Kier alpha value is -3.01. The summed E-state index contributed by atoms with van der Waals surface area (Å²) in [5, 5.41) is 8.93. The van der Waals surface area contributed by atoms with E-state index in [4.69, 9.17) is 10.00 Å². The van der Waals surface area contributed by atoms with Crippen molar-refractivity contribution in [1.82, 2.24) is 19.9 Å². The Bertz CT molecular complexity index is 769. The van der Waals surface area contributed by atoms with E-state index in [-0.39, 0.29) is 12.0 Å². The van der Waals surface area contributed by atoms with Crippen LogP contribution in [0.5, 0.6) is 5.88 Å². The Morgan fingerprint density at radius 3 is 3.00 bits per heavy atom. The molecule has 122 valence electrons. The molecule has 2 aromatic rings. The minimum atomic E-state index is -0.150. The van der Waals surface area contributed by atoms with Crippen molar-refractivity contribution in [2.75, 3.05) is 13.1 Å². The van der Waals surface area contributed by atoms with Crippen molar-refractivity contribution in [3.8, 4) is 11.9 Å². The molecule has 1 amide bonds. The first-order valence-corrected chi connectivity index (χ1v) is 7.76. The summed E-state index contributed by atoms with van der Waals surface area (Å²) in [7, 11) is 0. The highest BCUT2D eigenvalue weighted by Crippen LogP contribution is 2.18. The number of rotatable bonds is 3. The number of likely N-dealkylation sites (tertiary alicyclic amines) is 1. The highest BCUT2D eigenvalue weighted by atomic mass is 16.5. The second-order valence-electron chi connectivity index (χ2n) is 5.67. The number of aromatic nitrogens is 3. The number of ether oxygens (including phenoxy) is 1. The molecule has 7 nitrogen and oxygen atoms in total. The maximum absolute atomic E-state index is 12.5. The van der Waals surface area contributed by atoms with Crippen molar-refractivity contribution in [2.45, 2.75) is 25.9 Å². The van der Waals surface area contributed by atoms with Crippen LogP contribution < -0.4 is 4.74 Å². The number of amides is 1. The Balaban J connectivity index is 1.66. The number of hydrogen-bond donors (Lipinski definition) is 0. The van der Waals surface area contributed by atoms with E-state index in [2.05, 4.69) is 21.0 Å². The molecule has 0 bridgehead atoms. The van der Waals surface area contributed by atoms with Crippen LogP contribution in [-0.4, -0.2) is 45.0 Å². The summed E-state index contributed by atoms with van der Waals surface area (Å²) < 4.78 is 5.84. The molecule has 0 saturated carbocycles. The zero-order valence-corrected chi connectivity index (χ0v) is 13.3. The van der Waals surface area contributed by atoms with Gasteiger partial charge >= 0.3 is 0 Å². The van der Waals surface area contributed by atoms with Crippen LogP contribution in [0.25, 0.3) is 0 Å². The second-order valence-corrected chi connectivity index (χ2v) is 5.67. The molecule has 3 heterocycles. The van der Waals surface area contributed by atoms with Crippen molar-refractivity contribution < 1.29 is 9.53 Å². The van der Waals surface area contributed by atoms with E-state index >= 15 is 0 Å². The monoisotopic (exact) mass is 323 g/mol. The molecule has 1 fully saturated rings. The van der Waals surface area contributed by atoms with Crippen LogP contribution in [-0.2, 0) is 0 Å². The Labute approximate surface area is 139 Å². The predicted molar refractivity (Wildman–Crippen MR) is 85.3 cm³/mol. The first-order valence-electron chi connectivity index (χ1n) is 7.76. The predicted octanol–water partition coefficient (Wildman–Crippen LogP) is 1.74. The molecule has 1 atom stereocenters. The standard InChI is InChI=1S/C17H17N5O2/c1-12-9-21-15(10-20-12)17(23)22-6-2-3-14(11-22)24-16-7-13(8-18)4-5-19-16/h4-5,7,9-10,14H,2-3,6,11H2,1H3. The smallest absolute Gasteiger partial charge is 0.274 e. The SMILES string of the molecule is Cc1cnc(C(=O)N2CCCC(Oc3cc(C#N)ccn3)C2)cn1. The van der Waals surface area contributed by atoms with Gasteiger partial charge in [-0.25, -0.2) is 9.97 Å². The fourth-order valence-corrected chi connectivity index (χ4v) is 2.60. The van der Waals surface area contributed by atoms with Gasteiger partial charge in [0.15, 0.2) is 0 Å². The van der Waals surface area contributed by atoms with Crippen LogP contribution in [0, 0.1) is 18.3 Å². The molecule has 7 heteroatoms. The minimum absolute atomic E-state index is 0.144. The van der Waals surface area contributed by atoms with E-state index in [0.29, 0.717) is 30.2 Å². The molecule has 1 unspecified atom stereocenters. The van der Waals surface area contributed by atoms with Gasteiger partial charge in [0.2, 0.25) is 5.88 Å². The van der Waals surface area contributed by atoms with E-state index in [1.165, 1.54) is 6.20 Å². The molecule has 0 aromatic carbocycles. The van der Waals surface area contributed by atoms with Crippen LogP contribution in [0.2, 0.25) is 0 Å². The van der Waals surface area contributed by atoms with E-state index in [9.17, 15) is 4.79 Å². The zero-order valence-electron chi connectivity index (χ0n) is 13.3. The van der Waals surface area contributed by atoms with Gasteiger partial charge in [0, 0.05) is 25.0 Å². The quantitative estimate of drug-likeness (QED) is 0.854. The first-order chi connectivity index (χ1) is 11.7. The van der Waals surface area contributed by atoms with Crippen LogP contribution in [0.1, 0.15) is 34.6 Å². The van der Waals surface area contributed by atoms with Crippen molar-refractivity contribution >= 4 is 5.91 Å². The molecular weight excluding hydrogens is 306 g/mol. The number of hydrogen-bond acceptors (Lipinski definition) is 6. The number of nitrogens with zero attached hydrogens (tertiary/aromatic N) is 5. The topological polar surface area (TPSA) is 92.0 Å². The van der Waals surface area contributed by atoms with Crippen molar-refractivity contribution in [3.05, 3.63) is 47.7 Å². The molecule has 2 aromatic heterocycles. The van der Waals surface area contributed by atoms with Crippen LogP contribution in [0.4, 0.5) is 0 Å². The fourth-order valence-electron chi connectivity index (χ4n) is 2.60. The van der Waals surface area contributed by atoms with E-state index in [1.807, 2.05) is 6.92 Å². The normalized spacial score (nSPS) is 17.2. The summed E-state index contributed by atoms with van der Waals surface area (Å²) in [6, 6.07) is 5.29. The number of carbonyl (C=O) groups excluding carboxylic acids is 1. The number of nitriles is 1. The van der Waals surface area contributed by atoms with Gasteiger partial charge in [-0.05, 0) is 25.8 Å². The largest absolute Gasteiger partial charge is 0.472 e. The molecule has 3 rings (SSSR count). The van der Waals surface area contributed by atoms with Crippen molar-refractivity contribution in [1.29, 1.82) is 5.26 Å². The summed E-state index contributed by atoms with van der Waals surface area (Å²) in [4.78, 5) is 26.6. The van der Waals surface area contributed by atoms with Gasteiger partial charge < -0.3 is 9.64 Å². The minimum Gasteiger partial charge on any atom is -0.472 e. The number of piperidine rings is 1. The highest BCUT2D eigenvalue weighted by molar-refractivity contribution is 5.92. The summed E-state index contributed by atoms with van der Waals surface area (Å²) >= 11 is 0. The molecule has 1 aliphatic heterocycles. The van der Waals surface area contributed by atoms with Gasteiger partial charge in [-0.3, -0.25) is 9.78 Å². The summed E-state index contributed by atoms with van der Waals surface area (Å²) in [5.74, 6) is 0.262. The molecule has 0 aliphatic carbocycles. The average Bonchev–Trinajstić information content (AvgIpc) is 2.62. The third-order valence-corrected chi connectivity index (χ3v) is 3.82. The Kier molecular flexibility index (Phi) is 4.66. The average molecular weight is 323 g/mol. The number of pyridine rings is 1. The summed E-state index contributed by atoms with van der Waals surface area (Å²) in [6.45, 7) is 2.96. The molecular formula is C17H17N5O2. The second kappa shape index (κ2) is 7.04.